The molecule has 1 saturated heterocycles. The van der Waals surface area contributed by atoms with Gasteiger partial charge >= 0.3 is 6.03 Å². The first kappa shape index (κ1) is 19.5. The molecule has 3 rings (SSSR count). The molecule has 0 unspecified atom stereocenters. The fraction of sp³-hybridized carbons (Fsp3) is 0.273. The normalized spacial score (nSPS) is 16.3. The summed E-state index contributed by atoms with van der Waals surface area (Å²) in [5.74, 6) is 0.319. The molecule has 1 aliphatic heterocycles. The summed E-state index contributed by atoms with van der Waals surface area (Å²) < 4.78 is 5.18. The second-order valence-electron chi connectivity index (χ2n) is 7.35. The van der Waals surface area contributed by atoms with E-state index in [2.05, 4.69) is 0 Å². The van der Waals surface area contributed by atoms with Gasteiger partial charge in [-0.25, -0.2) is 9.69 Å². The smallest absolute Gasteiger partial charge is 0.332 e. The molecule has 1 N–H and O–H groups in total. The Kier molecular flexibility index (Phi) is 4.89. The number of urea groups is 1. The zero-order valence-electron chi connectivity index (χ0n) is 16.7. The predicted octanol–water partition coefficient (Wildman–Crippen LogP) is 4.06. The number of likely N-dealkylation sites (N-methyl/N-ethyl adjacent to an activating group) is 1. The number of aryl methyl sites for hydroxylation is 1. The van der Waals surface area contributed by atoms with Gasteiger partial charge in [0.2, 0.25) is 0 Å². The third kappa shape index (κ3) is 3.22. The topological polar surface area (TPSA) is 70.1 Å². The SMILES string of the molecule is COc1cc(/C=C/c2ccc(N3C(=O)N(C)C(C)(C)C3=O)cc2)cc(C)c1O. The summed E-state index contributed by atoms with van der Waals surface area (Å²) in [6.45, 7) is 5.28. The van der Waals surface area contributed by atoms with Gasteiger partial charge in [0, 0.05) is 7.05 Å². The van der Waals surface area contributed by atoms with Crippen LogP contribution in [0, 0.1) is 6.92 Å². The fourth-order valence-electron chi connectivity index (χ4n) is 3.07. The Bertz CT molecular complexity index is 961. The quantitative estimate of drug-likeness (QED) is 0.642. The van der Waals surface area contributed by atoms with Gasteiger partial charge in [-0.05, 0) is 61.7 Å². The molecule has 1 fully saturated rings. The van der Waals surface area contributed by atoms with Crippen molar-refractivity contribution in [2.75, 3.05) is 19.1 Å². The van der Waals surface area contributed by atoms with E-state index in [-0.39, 0.29) is 17.7 Å². The van der Waals surface area contributed by atoms with E-state index >= 15 is 0 Å². The van der Waals surface area contributed by atoms with E-state index in [0.29, 0.717) is 11.4 Å². The highest BCUT2D eigenvalue weighted by Crippen LogP contribution is 2.32. The van der Waals surface area contributed by atoms with Crippen molar-refractivity contribution in [3.8, 4) is 11.5 Å². The molecule has 1 aliphatic rings. The Balaban J connectivity index is 1.82. The minimum Gasteiger partial charge on any atom is -0.504 e. The Morgan fingerprint density at radius 2 is 1.64 bits per heavy atom. The van der Waals surface area contributed by atoms with Crippen LogP contribution in [-0.2, 0) is 4.79 Å². The van der Waals surface area contributed by atoms with E-state index in [0.717, 1.165) is 16.7 Å². The van der Waals surface area contributed by atoms with Crippen LogP contribution in [0.3, 0.4) is 0 Å². The minimum atomic E-state index is -0.856. The van der Waals surface area contributed by atoms with Crippen molar-refractivity contribution in [3.05, 3.63) is 53.1 Å². The van der Waals surface area contributed by atoms with Crippen molar-refractivity contribution in [2.45, 2.75) is 26.3 Å². The Labute approximate surface area is 164 Å². The number of phenols is 1. The lowest BCUT2D eigenvalue weighted by Crippen LogP contribution is -2.41. The molecule has 0 spiro atoms. The van der Waals surface area contributed by atoms with E-state index in [1.165, 1.54) is 16.9 Å². The average Bonchev–Trinajstić information content (AvgIpc) is 2.83. The van der Waals surface area contributed by atoms with Gasteiger partial charge in [-0.2, -0.15) is 0 Å². The number of carbonyl (C=O) groups is 2. The predicted molar refractivity (Wildman–Crippen MR) is 109 cm³/mol. The van der Waals surface area contributed by atoms with Crippen LogP contribution in [0.4, 0.5) is 10.5 Å². The summed E-state index contributed by atoms with van der Waals surface area (Å²) in [6, 6.07) is 10.5. The van der Waals surface area contributed by atoms with Crippen LogP contribution in [0.25, 0.3) is 12.2 Å². The van der Waals surface area contributed by atoms with Gasteiger partial charge in [0.05, 0.1) is 12.8 Å². The molecule has 1 heterocycles. The highest BCUT2D eigenvalue weighted by atomic mass is 16.5. The van der Waals surface area contributed by atoms with Gasteiger partial charge in [-0.15, -0.1) is 0 Å². The molecule has 0 bridgehead atoms. The molecule has 0 radical (unpaired) electrons. The standard InChI is InChI=1S/C22H24N2O4/c1-14-12-16(13-18(28-5)19(14)25)7-6-15-8-10-17(11-9-15)24-20(26)22(2,3)23(4)21(24)27/h6-13,25H,1-5H3/b7-6+. The summed E-state index contributed by atoms with van der Waals surface area (Å²) in [6.07, 6.45) is 3.83. The van der Waals surface area contributed by atoms with E-state index in [1.54, 1.807) is 39.1 Å². The van der Waals surface area contributed by atoms with Crippen LogP contribution in [-0.4, -0.2) is 41.6 Å². The number of hydrogen-bond donors (Lipinski definition) is 1. The maximum absolute atomic E-state index is 12.6. The molecule has 2 aromatic rings. The molecule has 0 saturated carbocycles. The van der Waals surface area contributed by atoms with E-state index < -0.39 is 5.54 Å². The number of ether oxygens (including phenoxy) is 1. The van der Waals surface area contributed by atoms with Gasteiger partial charge in [-0.1, -0.05) is 24.3 Å². The summed E-state index contributed by atoms with van der Waals surface area (Å²) in [5, 5.41) is 9.93. The highest BCUT2D eigenvalue weighted by Gasteiger charge is 2.49. The molecule has 3 amide bonds. The second-order valence-corrected chi connectivity index (χ2v) is 7.35. The first-order valence-electron chi connectivity index (χ1n) is 8.95. The monoisotopic (exact) mass is 380 g/mol. The molecule has 6 heteroatoms. The number of aromatic hydroxyl groups is 1. The second kappa shape index (κ2) is 7.03. The van der Waals surface area contributed by atoms with Crippen molar-refractivity contribution in [1.29, 1.82) is 0 Å². The highest BCUT2D eigenvalue weighted by molar-refractivity contribution is 6.22. The van der Waals surface area contributed by atoms with Crippen LogP contribution < -0.4 is 9.64 Å². The van der Waals surface area contributed by atoms with Crippen LogP contribution in [0.5, 0.6) is 11.5 Å². The Morgan fingerprint density at radius 3 is 2.18 bits per heavy atom. The lowest BCUT2D eigenvalue weighted by Gasteiger charge is -2.22. The van der Waals surface area contributed by atoms with Crippen molar-refractivity contribution >= 4 is 29.8 Å². The van der Waals surface area contributed by atoms with Crippen LogP contribution >= 0.6 is 0 Å². The van der Waals surface area contributed by atoms with E-state index in [1.807, 2.05) is 37.3 Å². The maximum Gasteiger partial charge on any atom is 0.332 e. The number of imide groups is 1. The number of hydrogen-bond acceptors (Lipinski definition) is 4. The molecule has 0 atom stereocenters. The third-order valence-electron chi connectivity index (χ3n) is 5.17. The zero-order chi connectivity index (χ0) is 20.6. The maximum atomic E-state index is 12.6. The molecular weight excluding hydrogens is 356 g/mol. The van der Waals surface area contributed by atoms with Crippen molar-refractivity contribution in [3.63, 3.8) is 0 Å². The van der Waals surface area contributed by atoms with Crippen LogP contribution in [0.2, 0.25) is 0 Å². The number of rotatable bonds is 4. The average molecular weight is 380 g/mol. The van der Waals surface area contributed by atoms with Gasteiger partial charge in [0.25, 0.3) is 5.91 Å². The lowest BCUT2D eigenvalue weighted by atomic mass is 10.0. The van der Waals surface area contributed by atoms with Crippen molar-refractivity contribution < 1.29 is 19.4 Å². The number of methoxy groups -OCH3 is 1. The first-order chi connectivity index (χ1) is 13.2. The summed E-state index contributed by atoms with van der Waals surface area (Å²) in [7, 11) is 3.14. The van der Waals surface area contributed by atoms with Crippen molar-refractivity contribution in [2.24, 2.45) is 0 Å². The number of amides is 3. The number of nitrogens with zero attached hydrogens (tertiary/aromatic N) is 2. The number of phenolic OH excluding ortho intramolecular Hbond substituents is 1. The number of anilines is 1. The van der Waals surface area contributed by atoms with Crippen LogP contribution in [0.1, 0.15) is 30.5 Å². The first-order valence-corrected chi connectivity index (χ1v) is 8.95. The fourth-order valence-corrected chi connectivity index (χ4v) is 3.07. The molecule has 0 aliphatic carbocycles. The summed E-state index contributed by atoms with van der Waals surface area (Å²) >= 11 is 0. The molecular formula is C22H24N2O4. The summed E-state index contributed by atoms with van der Waals surface area (Å²) in [4.78, 5) is 27.7. The van der Waals surface area contributed by atoms with Gasteiger partial charge < -0.3 is 14.7 Å². The molecule has 146 valence electrons. The third-order valence-corrected chi connectivity index (χ3v) is 5.17. The van der Waals surface area contributed by atoms with Crippen LogP contribution in [0.15, 0.2) is 36.4 Å². The van der Waals surface area contributed by atoms with Crippen molar-refractivity contribution in [1.82, 2.24) is 4.90 Å². The largest absolute Gasteiger partial charge is 0.504 e. The Hall–Kier alpha value is -3.28. The Morgan fingerprint density at radius 1 is 1.04 bits per heavy atom. The van der Waals surface area contributed by atoms with E-state index in [9.17, 15) is 14.7 Å². The molecule has 2 aromatic carbocycles. The summed E-state index contributed by atoms with van der Waals surface area (Å²) in [5.41, 5.74) is 2.23. The molecule has 0 aromatic heterocycles. The van der Waals surface area contributed by atoms with Gasteiger partial charge in [0.15, 0.2) is 11.5 Å². The van der Waals surface area contributed by atoms with Gasteiger partial charge in [-0.3, -0.25) is 4.79 Å². The molecule has 28 heavy (non-hydrogen) atoms. The molecule has 6 nitrogen and oxygen atoms in total. The number of carbonyl (C=O) groups excluding carboxylic acids is 2. The number of benzene rings is 2. The zero-order valence-corrected chi connectivity index (χ0v) is 16.7. The minimum absolute atomic E-state index is 0.136. The van der Waals surface area contributed by atoms with Gasteiger partial charge in [0.1, 0.15) is 5.54 Å². The van der Waals surface area contributed by atoms with E-state index in [4.69, 9.17) is 4.74 Å². The lowest BCUT2D eigenvalue weighted by molar-refractivity contribution is -0.123.